The molecule has 1 heterocycles. The summed E-state index contributed by atoms with van der Waals surface area (Å²) in [5, 5.41) is 4.62. The number of hydrogen-bond donors (Lipinski definition) is 1. The van der Waals surface area contributed by atoms with Crippen LogP contribution in [0.5, 0.6) is 0 Å². The third kappa shape index (κ3) is 8.14. The molecule has 0 aromatic heterocycles. The van der Waals surface area contributed by atoms with Crippen LogP contribution < -0.4 is 5.32 Å². The lowest BCUT2D eigenvalue weighted by Crippen LogP contribution is -2.39. The van der Waals surface area contributed by atoms with E-state index >= 15 is 0 Å². The molecule has 4 rings (SSSR count). The molecule has 0 unspecified atom stereocenters. The van der Waals surface area contributed by atoms with Gasteiger partial charge in [-0.3, -0.25) is 0 Å². The van der Waals surface area contributed by atoms with E-state index in [2.05, 4.69) is 40.5 Å². The topological polar surface area (TPSA) is 35.6 Å². The second-order valence-corrected chi connectivity index (χ2v) is 10.7. The van der Waals surface area contributed by atoms with Crippen LogP contribution in [0, 0.1) is 5.92 Å². The Balaban J connectivity index is 1.30. The summed E-state index contributed by atoms with van der Waals surface area (Å²) in [7, 11) is 0. The third-order valence-electron chi connectivity index (χ3n) is 6.72. The molecule has 1 aliphatic rings. The van der Waals surface area contributed by atoms with Crippen molar-refractivity contribution in [1.29, 1.82) is 0 Å². The van der Waals surface area contributed by atoms with Gasteiger partial charge in [-0.1, -0.05) is 71.2 Å². The average Bonchev–Trinajstić information content (AvgIpc) is 2.88. The average molecular weight is 545 g/mol. The van der Waals surface area contributed by atoms with E-state index in [4.69, 9.17) is 34.8 Å². The molecule has 0 spiro atoms. The van der Waals surface area contributed by atoms with Crippen LogP contribution in [-0.2, 0) is 13.0 Å². The van der Waals surface area contributed by atoms with Crippen molar-refractivity contribution in [3.05, 3.63) is 99.0 Å². The zero-order valence-corrected chi connectivity index (χ0v) is 22.6. The van der Waals surface area contributed by atoms with Gasteiger partial charge in [0.1, 0.15) is 0 Å². The minimum absolute atomic E-state index is 0.148. The second-order valence-electron chi connectivity index (χ2n) is 9.44. The van der Waals surface area contributed by atoms with Crippen molar-refractivity contribution in [3.8, 4) is 0 Å². The Morgan fingerprint density at radius 1 is 0.889 bits per heavy atom. The van der Waals surface area contributed by atoms with E-state index in [1.807, 2.05) is 17.0 Å². The number of carbonyl (C=O) groups is 1. The lowest BCUT2D eigenvalue weighted by atomic mass is 9.90. The molecular weight excluding hydrogens is 513 g/mol. The van der Waals surface area contributed by atoms with Crippen molar-refractivity contribution in [2.24, 2.45) is 5.92 Å². The van der Waals surface area contributed by atoms with E-state index < -0.39 is 0 Å². The first-order valence-electron chi connectivity index (χ1n) is 12.5. The molecule has 1 aliphatic heterocycles. The van der Waals surface area contributed by atoms with Crippen LogP contribution in [0.3, 0.4) is 0 Å². The number of likely N-dealkylation sites (tertiary alicyclic amines) is 1. The molecule has 0 radical (unpaired) electrons. The Hall–Kier alpha value is -2.24. The zero-order chi connectivity index (χ0) is 25.3. The van der Waals surface area contributed by atoms with Crippen LogP contribution in [-0.4, -0.2) is 42.0 Å². The zero-order valence-electron chi connectivity index (χ0n) is 20.3. The molecule has 3 aromatic carbocycles. The smallest absolute Gasteiger partial charge is 0.320 e. The second kappa shape index (κ2) is 13.3. The standard InChI is InChI=1S/C29H32Cl3N3O/c30-25-8-10-26(11-9-25)33-29(36)35(21-24-7-12-27(31)28(32)20-24)16-4-15-34-17-13-23(14-18-34)19-22-5-2-1-3-6-22/h1-3,5-12,20,23H,4,13-19,21H2,(H,33,36). The van der Waals surface area contributed by atoms with Crippen LogP contribution in [0.2, 0.25) is 15.1 Å². The molecule has 190 valence electrons. The Morgan fingerprint density at radius 2 is 1.61 bits per heavy atom. The number of nitrogens with one attached hydrogen (secondary N) is 1. The van der Waals surface area contributed by atoms with Gasteiger partial charge in [-0.2, -0.15) is 0 Å². The Kier molecular flexibility index (Phi) is 9.94. The number of benzene rings is 3. The van der Waals surface area contributed by atoms with E-state index in [1.54, 1.807) is 30.3 Å². The van der Waals surface area contributed by atoms with Crippen molar-refractivity contribution in [2.75, 3.05) is 31.5 Å². The van der Waals surface area contributed by atoms with Gasteiger partial charge in [-0.15, -0.1) is 0 Å². The minimum atomic E-state index is -0.148. The number of anilines is 1. The van der Waals surface area contributed by atoms with Gasteiger partial charge in [0.2, 0.25) is 0 Å². The van der Waals surface area contributed by atoms with Crippen molar-refractivity contribution < 1.29 is 4.79 Å². The van der Waals surface area contributed by atoms with E-state index in [1.165, 1.54) is 18.4 Å². The van der Waals surface area contributed by atoms with Crippen LogP contribution in [0.25, 0.3) is 0 Å². The van der Waals surface area contributed by atoms with Gasteiger partial charge in [0.05, 0.1) is 10.0 Å². The number of nitrogens with zero attached hydrogens (tertiary/aromatic N) is 2. The predicted octanol–water partition coefficient (Wildman–Crippen LogP) is 8.03. The Morgan fingerprint density at radius 3 is 2.31 bits per heavy atom. The number of hydrogen-bond acceptors (Lipinski definition) is 2. The number of rotatable bonds is 9. The molecule has 1 N–H and O–H groups in total. The van der Waals surface area contributed by atoms with E-state index in [0.29, 0.717) is 33.8 Å². The summed E-state index contributed by atoms with van der Waals surface area (Å²) in [5.74, 6) is 0.750. The van der Waals surface area contributed by atoms with Crippen molar-refractivity contribution in [3.63, 3.8) is 0 Å². The van der Waals surface area contributed by atoms with E-state index in [9.17, 15) is 4.79 Å². The largest absolute Gasteiger partial charge is 0.322 e. The number of amides is 2. The Bertz CT molecular complexity index is 1120. The molecule has 1 fully saturated rings. The number of carbonyl (C=O) groups excluding carboxylic acids is 1. The predicted molar refractivity (Wildman–Crippen MR) is 151 cm³/mol. The summed E-state index contributed by atoms with van der Waals surface area (Å²) in [6.07, 6.45) is 4.51. The quantitative estimate of drug-likeness (QED) is 0.296. The van der Waals surface area contributed by atoms with Crippen LogP contribution in [0.15, 0.2) is 72.8 Å². The van der Waals surface area contributed by atoms with Gasteiger partial charge < -0.3 is 15.1 Å². The molecule has 4 nitrogen and oxygen atoms in total. The van der Waals surface area contributed by atoms with Crippen molar-refractivity contribution in [1.82, 2.24) is 9.80 Å². The Labute approximate surface area is 229 Å². The minimum Gasteiger partial charge on any atom is -0.320 e. The van der Waals surface area contributed by atoms with Gasteiger partial charge in [-0.05, 0) is 98.8 Å². The molecule has 0 bridgehead atoms. The molecule has 36 heavy (non-hydrogen) atoms. The van der Waals surface area contributed by atoms with E-state index in [-0.39, 0.29) is 6.03 Å². The molecule has 3 aromatic rings. The van der Waals surface area contributed by atoms with Crippen LogP contribution in [0.4, 0.5) is 10.5 Å². The number of halogens is 3. The van der Waals surface area contributed by atoms with Crippen LogP contribution in [0.1, 0.15) is 30.4 Å². The van der Waals surface area contributed by atoms with Gasteiger partial charge in [0, 0.05) is 23.8 Å². The first-order valence-corrected chi connectivity index (χ1v) is 13.6. The summed E-state index contributed by atoms with van der Waals surface area (Å²) < 4.78 is 0. The summed E-state index contributed by atoms with van der Waals surface area (Å²) in [4.78, 5) is 17.5. The number of urea groups is 1. The molecule has 0 atom stereocenters. The summed E-state index contributed by atoms with van der Waals surface area (Å²) in [6, 6.07) is 23.3. The fourth-order valence-electron chi connectivity index (χ4n) is 4.69. The SMILES string of the molecule is O=C(Nc1ccc(Cl)cc1)N(CCCN1CCC(Cc2ccccc2)CC1)Cc1ccc(Cl)c(Cl)c1. The van der Waals surface area contributed by atoms with Crippen LogP contribution >= 0.6 is 34.8 Å². The van der Waals surface area contributed by atoms with E-state index in [0.717, 1.165) is 44.0 Å². The summed E-state index contributed by atoms with van der Waals surface area (Å²) in [5.41, 5.74) is 3.09. The fraction of sp³-hybridized carbons (Fsp3) is 0.345. The maximum atomic E-state index is 13.2. The first-order chi connectivity index (χ1) is 17.5. The normalized spacial score (nSPS) is 14.5. The fourth-order valence-corrected chi connectivity index (χ4v) is 5.14. The highest BCUT2D eigenvalue weighted by Crippen LogP contribution is 2.24. The van der Waals surface area contributed by atoms with Gasteiger partial charge in [-0.25, -0.2) is 4.79 Å². The highest BCUT2D eigenvalue weighted by atomic mass is 35.5. The van der Waals surface area contributed by atoms with Gasteiger partial charge in [0.15, 0.2) is 0 Å². The van der Waals surface area contributed by atoms with Gasteiger partial charge >= 0.3 is 6.03 Å². The first kappa shape index (κ1) is 26.8. The monoisotopic (exact) mass is 543 g/mol. The lowest BCUT2D eigenvalue weighted by molar-refractivity contribution is 0.170. The van der Waals surface area contributed by atoms with Crippen molar-refractivity contribution >= 4 is 46.5 Å². The third-order valence-corrected chi connectivity index (χ3v) is 7.71. The van der Waals surface area contributed by atoms with Crippen molar-refractivity contribution in [2.45, 2.75) is 32.2 Å². The maximum Gasteiger partial charge on any atom is 0.322 e. The summed E-state index contributed by atoms with van der Waals surface area (Å²) in [6.45, 7) is 4.30. The maximum absolute atomic E-state index is 13.2. The molecule has 1 saturated heterocycles. The number of piperidine rings is 1. The molecular formula is C29H32Cl3N3O. The lowest BCUT2D eigenvalue weighted by Gasteiger charge is -2.32. The molecule has 2 amide bonds. The highest BCUT2D eigenvalue weighted by molar-refractivity contribution is 6.42. The molecule has 0 saturated carbocycles. The molecule has 7 heteroatoms. The van der Waals surface area contributed by atoms with Gasteiger partial charge in [0.25, 0.3) is 0 Å². The highest BCUT2D eigenvalue weighted by Gasteiger charge is 2.20. The summed E-state index contributed by atoms with van der Waals surface area (Å²) >= 11 is 18.3. The molecule has 0 aliphatic carbocycles.